The molecule has 19 heavy (non-hydrogen) atoms. The zero-order valence-corrected chi connectivity index (χ0v) is 13.0. The van der Waals surface area contributed by atoms with Gasteiger partial charge in [-0.25, -0.2) is 0 Å². The van der Waals surface area contributed by atoms with Crippen molar-refractivity contribution >= 4 is 0 Å². The molecule has 0 spiro atoms. The van der Waals surface area contributed by atoms with Crippen LogP contribution >= 0.6 is 0 Å². The molecule has 0 aliphatic carbocycles. The summed E-state index contributed by atoms with van der Waals surface area (Å²) in [7, 11) is 0. The highest BCUT2D eigenvalue weighted by molar-refractivity contribution is 4.82. The van der Waals surface area contributed by atoms with Gasteiger partial charge in [-0.3, -0.25) is 0 Å². The molecule has 0 aromatic heterocycles. The molecule has 1 heterocycles. The summed E-state index contributed by atoms with van der Waals surface area (Å²) < 4.78 is 5.59. The van der Waals surface area contributed by atoms with Crippen LogP contribution in [0.25, 0.3) is 0 Å². The van der Waals surface area contributed by atoms with E-state index in [2.05, 4.69) is 24.5 Å². The molecule has 2 atom stereocenters. The second-order valence-electron chi connectivity index (χ2n) is 5.83. The Bertz CT molecular complexity index is 199. The van der Waals surface area contributed by atoms with Crippen LogP contribution in [0.15, 0.2) is 0 Å². The molecule has 3 heteroatoms. The first-order chi connectivity index (χ1) is 9.38. The summed E-state index contributed by atoms with van der Waals surface area (Å²) in [5, 5.41) is 7.20. The lowest BCUT2D eigenvalue weighted by Crippen LogP contribution is -2.40. The standard InChI is InChI=1S/C16H34N2O/c1-3-5-6-7-8-9-11-17-12-15-13-19-14-16(15)18-10-4-2/h15-18H,3-14H2,1-2H3. The molecular formula is C16H34N2O. The van der Waals surface area contributed by atoms with Gasteiger partial charge < -0.3 is 15.4 Å². The van der Waals surface area contributed by atoms with Gasteiger partial charge in [0.25, 0.3) is 0 Å². The molecule has 0 radical (unpaired) electrons. The fourth-order valence-corrected chi connectivity index (χ4v) is 2.67. The fraction of sp³-hybridized carbons (Fsp3) is 1.00. The molecule has 0 saturated carbocycles. The van der Waals surface area contributed by atoms with E-state index in [-0.39, 0.29) is 0 Å². The zero-order chi connectivity index (χ0) is 13.8. The second-order valence-corrected chi connectivity index (χ2v) is 5.83. The maximum Gasteiger partial charge on any atom is 0.0623 e. The first-order valence-corrected chi connectivity index (χ1v) is 8.40. The van der Waals surface area contributed by atoms with Gasteiger partial charge in [0.15, 0.2) is 0 Å². The summed E-state index contributed by atoms with van der Waals surface area (Å²) >= 11 is 0. The van der Waals surface area contributed by atoms with Crippen LogP contribution in [0.2, 0.25) is 0 Å². The molecular weight excluding hydrogens is 236 g/mol. The van der Waals surface area contributed by atoms with Crippen molar-refractivity contribution in [1.82, 2.24) is 10.6 Å². The van der Waals surface area contributed by atoms with Gasteiger partial charge in [-0.15, -0.1) is 0 Å². The molecule has 1 saturated heterocycles. The Morgan fingerprint density at radius 2 is 1.68 bits per heavy atom. The number of rotatable bonds is 12. The average Bonchev–Trinajstić information content (AvgIpc) is 2.87. The Morgan fingerprint density at radius 3 is 2.47 bits per heavy atom. The van der Waals surface area contributed by atoms with Gasteiger partial charge in [0, 0.05) is 18.5 Å². The minimum absolute atomic E-state index is 0.567. The van der Waals surface area contributed by atoms with Crippen LogP contribution in [-0.4, -0.2) is 38.9 Å². The molecule has 0 aromatic rings. The van der Waals surface area contributed by atoms with E-state index in [0.29, 0.717) is 12.0 Å². The molecule has 0 bridgehead atoms. The molecule has 2 N–H and O–H groups in total. The number of ether oxygens (including phenoxy) is 1. The third-order valence-electron chi connectivity index (χ3n) is 3.97. The molecule has 0 amide bonds. The lowest BCUT2D eigenvalue weighted by atomic mass is 10.0. The highest BCUT2D eigenvalue weighted by Gasteiger charge is 2.26. The Labute approximate surface area is 119 Å². The Balaban J connectivity index is 1.93. The summed E-state index contributed by atoms with van der Waals surface area (Å²) in [4.78, 5) is 0. The molecule has 1 fully saturated rings. The zero-order valence-electron chi connectivity index (χ0n) is 13.0. The second kappa shape index (κ2) is 11.7. The van der Waals surface area contributed by atoms with Crippen LogP contribution in [0.5, 0.6) is 0 Å². The fourth-order valence-electron chi connectivity index (χ4n) is 2.67. The van der Waals surface area contributed by atoms with Gasteiger partial charge in [-0.2, -0.15) is 0 Å². The topological polar surface area (TPSA) is 33.3 Å². The minimum atomic E-state index is 0.567. The van der Waals surface area contributed by atoms with Gasteiger partial charge in [-0.1, -0.05) is 46.0 Å². The van der Waals surface area contributed by atoms with Crippen molar-refractivity contribution in [3.8, 4) is 0 Å². The normalized spacial score (nSPS) is 23.1. The smallest absolute Gasteiger partial charge is 0.0623 e. The molecule has 114 valence electrons. The maximum absolute atomic E-state index is 5.59. The average molecular weight is 270 g/mol. The van der Waals surface area contributed by atoms with Crippen LogP contribution in [-0.2, 0) is 4.74 Å². The van der Waals surface area contributed by atoms with E-state index >= 15 is 0 Å². The predicted octanol–water partition coefficient (Wildman–Crippen LogP) is 2.95. The molecule has 1 rings (SSSR count). The largest absolute Gasteiger partial charge is 0.379 e. The molecule has 2 unspecified atom stereocenters. The first-order valence-electron chi connectivity index (χ1n) is 8.40. The van der Waals surface area contributed by atoms with Gasteiger partial charge in [-0.05, 0) is 25.9 Å². The van der Waals surface area contributed by atoms with E-state index in [1.807, 2.05) is 0 Å². The summed E-state index contributed by atoms with van der Waals surface area (Å²) in [6.07, 6.45) is 9.47. The van der Waals surface area contributed by atoms with Crippen molar-refractivity contribution in [2.75, 3.05) is 32.8 Å². The highest BCUT2D eigenvalue weighted by atomic mass is 16.5. The highest BCUT2D eigenvalue weighted by Crippen LogP contribution is 2.12. The van der Waals surface area contributed by atoms with Crippen molar-refractivity contribution in [3.63, 3.8) is 0 Å². The molecule has 1 aliphatic rings. The van der Waals surface area contributed by atoms with Gasteiger partial charge in [0.1, 0.15) is 0 Å². The summed E-state index contributed by atoms with van der Waals surface area (Å²) in [6, 6.07) is 0.567. The monoisotopic (exact) mass is 270 g/mol. The third kappa shape index (κ3) is 7.91. The molecule has 1 aliphatic heterocycles. The van der Waals surface area contributed by atoms with Crippen molar-refractivity contribution in [2.24, 2.45) is 5.92 Å². The lowest BCUT2D eigenvalue weighted by molar-refractivity contribution is 0.182. The van der Waals surface area contributed by atoms with Crippen molar-refractivity contribution in [3.05, 3.63) is 0 Å². The van der Waals surface area contributed by atoms with Gasteiger partial charge in [0.2, 0.25) is 0 Å². The minimum Gasteiger partial charge on any atom is -0.379 e. The SMILES string of the molecule is CCCCCCCCNCC1COCC1NCCC. The first kappa shape index (κ1) is 16.9. The van der Waals surface area contributed by atoms with Crippen LogP contribution in [0.3, 0.4) is 0 Å². The van der Waals surface area contributed by atoms with Crippen LogP contribution < -0.4 is 10.6 Å². The number of unbranched alkanes of at least 4 members (excludes halogenated alkanes) is 5. The van der Waals surface area contributed by atoms with Gasteiger partial charge >= 0.3 is 0 Å². The number of hydrogen-bond donors (Lipinski definition) is 2. The van der Waals surface area contributed by atoms with E-state index in [9.17, 15) is 0 Å². The van der Waals surface area contributed by atoms with Crippen molar-refractivity contribution in [2.45, 2.75) is 64.8 Å². The predicted molar refractivity (Wildman–Crippen MR) is 82.6 cm³/mol. The van der Waals surface area contributed by atoms with E-state index in [4.69, 9.17) is 4.74 Å². The Hall–Kier alpha value is -0.120. The Kier molecular flexibility index (Phi) is 10.4. The van der Waals surface area contributed by atoms with Crippen LogP contribution in [0.1, 0.15) is 58.8 Å². The summed E-state index contributed by atoms with van der Waals surface area (Å²) in [6.45, 7) is 9.69. The van der Waals surface area contributed by atoms with Crippen molar-refractivity contribution in [1.29, 1.82) is 0 Å². The lowest BCUT2D eigenvalue weighted by Gasteiger charge is -2.19. The Morgan fingerprint density at radius 1 is 0.895 bits per heavy atom. The third-order valence-corrected chi connectivity index (χ3v) is 3.97. The van der Waals surface area contributed by atoms with E-state index < -0.39 is 0 Å². The van der Waals surface area contributed by atoms with E-state index in [0.717, 1.165) is 26.3 Å². The number of nitrogens with one attached hydrogen (secondary N) is 2. The summed E-state index contributed by atoms with van der Waals surface area (Å²) in [5.74, 6) is 0.659. The van der Waals surface area contributed by atoms with Gasteiger partial charge in [0.05, 0.1) is 13.2 Å². The number of hydrogen-bond acceptors (Lipinski definition) is 3. The van der Waals surface area contributed by atoms with Crippen LogP contribution in [0, 0.1) is 5.92 Å². The molecule has 3 nitrogen and oxygen atoms in total. The van der Waals surface area contributed by atoms with E-state index in [1.54, 1.807) is 0 Å². The van der Waals surface area contributed by atoms with Crippen molar-refractivity contribution < 1.29 is 4.74 Å². The summed E-state index contributed by atoms with van der Waals surface area (Å²) in [5.41, 5.74) is 0. The maximum atomic E-state index is 5.59. The quantitative estimate of drug-likeness (QED) is 0.535. The molecule has 0 aromatic carbocycles. The van der Waals surface area contributed by atoms with E-state index in [1.165, 1.54) is 51.5 Å². The van der Waals surface area contributed by atoms with Crippen LogP contribution in [0.4, 0.5) is 0 Å².